The predicted octanol–water partition coefficient (Wildman–Crippen LogP) is 5.34. The first-order chi connectivity index (χ1) is 15.5. The van der Waals surface area contributed by atoms with Crippen LogP contribution in [-0.2, 0) is 25.7 Å². The maximum absolute atomic E-state index is 13.0. The van der Waals surface area contributed by atoms with Gasteiger partial charge in [0.15, 0.2) is 0 Å². The van der Waals surface area contributed by atoms with Crippen molar-refractivity contribution in [1.82, 2.24) is 5.32 Å². The molecule has 0 saturated carbocycles. The molecule has 0 spiro atoms. The Morgan fingerprint density at radius 1 is 1.00 bits per heavy atom. The molecule has 32 heavy (non-hydrogen) atoms. The molecule has 168 valence electrons. The van der Waals surface area contributed by atoms with Crippen molar-refractivity contribution in [3.8, 4) is 0 Å². The highest BCUT2D eigenvalue weighted by molar-refractivity contribution is 6.30. The van der Waals surface area contributed by atoms with Gasteiger partial charge in [-0.15, -0.1) is 0 Å². The Morgan fingerprint density at radius 3 is 2.50 bits per heavy atom. The van der Waals surface area contributed by atoms with Gasteiger partial charge in [-0.05, 0) is 42.5 Å². The summed E-state index contributed by atoms with van der Waals surface area (Å²) in [4.78, 5) is 37.7. The molecule has 0 aromatic heterocycles. The van der Waals surface area contributed by atoms with Crippen LogP contribution >= 0.6 is 11.6 Å². The number of benzene rings is 2. The molecule has 3 rings (SSSR count). The van der Waals surface area contributed by atoms with Gasteiger partial charge in [0.1, 0.15) is 11.9 Å². The summed E-state index contributed by atoms with van der Waals surface area (Å²) >= 11 is 5.89. The van der Waals surface area contributed by atoms with Gasteiger partial charge in [-0.1, -0.05) is 66.2 Å². The van der Waals surface area contributed by atoms with Crippen molar-refractivity contribution in [3.63, 3.8) is 0 Å². The van der Waals surface area contributed by atoms with Crippen molar-refractivity contribution < 1.29 is 19.1 Å². The zero-order valence-corrected chi connectivity index (χ0v) is 18.7. The van der Waals surface area contributed by atoms with E-state index < -0.39 is 12.0 Å². The van der Waals surface area contributed by atoms with Crippen LogP contribution in [0.1, 0.15) is 55.8 Å². The summed E-state index contributed by atoms with van der Waals surface area (Å²) in [5, 5.41) is 3.53. The molecule has 2 atom stereocenters. The number of cyclic esters (lactones) is 1. The lowest BCUT2D eigenvalue weighted by molar-refractivity contribution is -0.150. The Hall–Kier alpha value is -2.92. The fourth-order valence-corrected chi connectivity index (χ4v) is 3.79. The van der Waals surface area contributed by atoms with Crippen LogP contribution in [0.15, 0.2) is 66.7 Å². The lowest BCUT2D eigenvalue weighted by Crippen LogP contribution is -2.28. The lowest BCUT2D eigenvalue weighted by Gasteiger charge is -2.20. The molecular formula is C26H28ClNO4. The van der Waals surface area contributed by atoms with Gasteiger partial charge in [-0.3, -0.25) is 14.4 Å². The molecule has 0 radical (unpaired) electrons. The number of hydrogen-bond donors (Lipinski definition) is 1. The van der Waals surface area contributed by atoms with E-state index in [1.54, 1.807) is 12.1 Å². The highest BCUT2D eigenvalue weighted by Crippen LogP contribution is 2.26. The van der Waals surface area contributed by atoms with Gasteiger partial charge in [0, 0.05) is 36.7 Å². The van der Waals surface area contributed by atoms with E-state index in [2.05, 4.69) is 5.32 Å². The highest BCUT2D eigenvalue weighted by atomic mass is 35.5. The first-order valence-electron chi connectivity index (χ1n) is 10.9. The fraction of sp³-hybridized carbons (Fsp3) is 0.346. The average Bonchev–Trinajstić information content (AvgIpc) is 2.80. The standard InChI is InChI=1S/C26H28ClNO4/c27-22-13-11-19(12-14-22)18-28-25(30)17-21-9-5-2-6-10-26(31)32-24(16-15-23(21)29)20-7-3-1-4-8-20/h1-5,7-8,11-14,21,24H,6,9-10,15-18H2,(H,28,30)/t21-,24?/m0/s1. The molecular weight excluding hydrogens is 426 g/mol. The third kappa shape index (κ3) is 7.65. The zero-order valence-electron chi connectivity index (χ0n) is 18.0. The van der Waals surface area contributed by atoms with Gasteiger partial charge in [0.25, 0.3) is 0 Å². The van der Waals surface area contributed by atoms with Crippen LogP contribution in [-0.4, -0.2) is 17.7 Å². The van der Waals surface area contributed by atoms with Gasteiger partial charge in [-0.25, -0.2) is 0 Å². The van der Waals surface area contributed by atoms with Gasteiger partial charge >= 0.3 is 5.97 Å². The summed E-state index contributed by atoms with van der Waals surface area (Å²) in [7, 11) is 0. The van der Waals surface area contributed by atoms with Crippen molar-refractivity contribution >= 4 is 29.3 Å². The van der Waals surface area contributed by atoms with Gasteiger partial charge in [0.05, 0.1) is 0 Å². The number of rotatable bonds is 5. The van der Waals surface area contributed by atoms with Crippen LogP contribution in [0, 0.1) is 5.92 Å². The number of nitrogens with one attached hydrogen (secondary N) is 1. The van der Waals surface area contributed by atoms with E-state index in [9.17, 15) is 14.4 Å². The van der Waals surface area contributed by atoms with Gasteiger partial charge < -0.3 is 10.1 Å². The summed E-state index contributed by atoms with van der Waals surface area (Å²) in [6, 6.07) is 16.7. The summed E-state index contributed by atoms with van der Waals surface area (Å²) < 4.78 is 5.66. The van der Waals surface area contributed by atoms with Crippen molar-refractivity contribution in [2.24, 2.45) is 5.92 Å². The summed E-state index contributed by atoms with van der Waals surface area (Å²) in [6.07, 6.45) is 5.41. The lowest BCUT2D eigenvalue weighted by atomic mass is 9.91. The maximum Gasteiger partial charge on any atom is 0.306 e. The smallest absolute Gasteiger partial charge is 0.306 e. The normalized spacial score (nSPS) is 20.0. The second kappa shape index (κ2) is 12.2. The molecule has 0 aliphatic carbocycles. The van der Waals surface area contributed by atoms with E-state index in [0.717, 1.165) is 11.1 Å². The Kier molecular flexibility index (Phi) is 9.05. The predicted molar refractivity (Wildman–Crippen MR) is 124 cm³/mol. The first kappa shape index (κ1) is 23.7. The molecule has 0 fully saturated rings. The number of carbonyl (C=O) groups is 3. The number of ether oxygens (including phenoxy) is 1. The van der Waals surface area contributed by atoms with Crippen LogP contribution in [0.25, 0.3) is 0 Å². The van der Waals surface area contributed by atoms with Crippen molar-refractivity contribution in [3.05, 3.63) is 82.9 Å². The van der Waals surface area contributed by atoms with Crippen LogP contribution < -0.4 is 5.32 Å². The molecule has 5 nitrogen and oxygen atoms in total. The molecule has 1 heterocycles. The average molecular weight is 454 g/mol. The maximum atomic E-state index is 13.0. The quantitative estimate of drug-likeness (QED) is 0.490. The zero-order chi connectivity index (χ0) is 22.8. The van der Waals surface area contributed by atoms with E-state index in [0.29, 0.717) is 37.3 Å². The molecule has 2 aromatic carbocycles. The Balaban J connectivity index is 1.62. The number of halogens is 1. The number of ketones is 1. The second-order valence-electron chi connectivity index (χ2n) is 7.94. The minimum Gasteiger partial charge on any atom is -0.457 e. The number of allylic oxidation sites excluding steroid dienone is 2. The molecule has 6 heteroatoms. The summed E-state index contributed by atoms with van der Waals surface area (Å²) in [5.74, 6) is -0.823. The van der Waals surface area contributed by atoms with Crippen LogP contribution in [0.4, 0.5) is 0 Å². The van der Waals surface area contributed by atoms with E-state index in [4.69, 9.17) is 16.3 Å². The molecule has 1 aliphatic heterocycles. The summed E-state index contributed by atoms with van der Waals surface area (Å²) in [6.45, 7) is 0.388. The molecule has 1 aliphatic rings. The van der Waals surface area contributed by atoms with Gasteiger partial charge in [0.2, 0.25) is 5.91 Å². The molecule has 1 unspecified atom stereocenters. The SMILES string of the molecule is O=C(C[C@@H]1CC=CCCC(=O)OC(c2ccccc2)CCC1=O)NCc1ccc(Cl)cc1. The first-order valence-corrected chi connectivity index (χ1v) is 11.3. The van der Waals surface area contributed by atoms with Crippen LogP contribution in [0.3, 0.4) is 0 Å². The van der Waals surface area contributed by atoms with Crippen LogP contribution in [0.5, 0.6) is 0 Å². The molecule has 1 amide bonds. The van der Waals surface area contributed by atoms with Crippen LogP contribution in [0.2, 0.25) is 5.02 Å². The third-order valence-electron chi connectivity index (χ3n) is 5.49. The third-order valence-corrected chi connectivity index (χ3v) is 5.74. The topological polar surface area (TPSA) is 72.5 Å². The minimum absolute atomic E-state index is 0.00819. The number of amides is 1. The number of carbonyl (C=O) groups excluding carboxylic acids is 3. The number of Topliss-reactive ketones (excluding diaryl/α,β-unsaturated/α-hetero) is 1. The molecule has 0 saturated heterocycles. The van der Waals surface area contributed by atoms with E-state index in [-0.39, 0.29) is 30.5 Å². The van der Waals surface area contributed by atoms with Crippen molar-refractivity contribution in [2.75, 3.05) is 0 Å². The summed E-state index contributed by atoms with van der Waals surface area (Å²) in [5.41, 5.74) is 1.82. The molecule has 2 aromatic rings. The van der Waals surface area contributed by atoms with E-state index in [1.807, 2.05) is 54.6 Å². The van der Waals surface area contributed by atoms with Crippen molar-refractivity contribution in [1.29, 1.82) is 0 Å². The number of esters is 1. The molecule has 0 bridgehead atoms. The van der Waals surface area contributed by atoms with E-state index in [1.165, 1.54) is 0 Å². The monoisotopic (exact) mass is 453 g/mol. The van der Waals surface area contributed by atoms with Gasteiger partial charge in [-0.2, -0.15) is 0 Å². The largest absolute Gasteiger partial charge is 0.457 e. The Morgan fingerprint density at radius 2 is 1.75 bits per heavy atom. The highest BCUT2D eigenvalue weighted by Gasteiger charge is 2.24. The number of hydrogen-bond acceptors (Lipinski definition) is 4. The van der Waals surface area contributed by atoms with Crippen molar-refractivity contribution in [2.45, 2.75) is 51.2 Å². The minimum atomic E-state index is -0.463. The fourth-order valence-electron chi connectivity index (χ4n) is 3.66. The molecule has 1 N–H and O–H groups in total. The Bertz CT molecular complexity index is 940. The Labute approximate surface area is 193 Å². The second-order valence-corrected chi connectivity index (χ2v) is 8.38. The van der Waals surface area contributed by atoms with E-state index >= 15 is 0 Å².